The fourth-order valence-corrected chi connectivity index (χ4v) is 1.98. The number of benzene rings is 1. The third kappa shape index (κ3) is 3.17. The van der Waals surface area contributed by atoms with Crippen molar-refractivity contribution in [1.82, 2.24) is 15.1 Å². The molecule has 0 spiro atoms. The Morgan fingerprint density at radius 2 is 2.05 bits per heavy atom. The van der Waals surface area contributed by atoms with Crippen LogP contribution in [0.2, 0.25) is 0 Å². The van der Waals surface area contributed by atoms with Gasteiger partial charge in [0.1, 0.15) is 5.75 Å². The zero-order valence-electron chi connectivity index (χ0n) is 12.0. The maximum Gasteiger partial charge on any atom is 0.257 e. The highest BCUT2D eigenvalue weighted by Gasteiger charge is 2.15. The van der Waals surface area contributed by atoms with Crippen LogP contribution in [0.1, 0.15) is 28.5 Å². The Morgan fingerprint density at radius 3 is 2.60 bits per heavy atom. The molecule has 0 fully saturated rings. The molecule has 0 bridgehead atoms. The van der Waals surface area contributed by atoms with Crippen LogP contribution in [0.4, 0.5) is 0 Å². The molecule has 20 heavy (non-hydrogen) atoms. The maximum atomic E-state index is 12.2. The Balaban J connectivity index is 2.02. The monoisotopic (exact) mass is 273 g/mol. The van der Waals surface area contributed by atoms with Gasteiger partial charge in [0.15, 0.2) is 0 Å². The van der Waals surface area contributed by atoms with E-state index in [2.05, 4.69) is 10.2 Å². The predicted molar refractivity (Wildman–Crippen MR) is 76.7 cm³/mol. The molecule has 0 saturated heterocycles. The first kappa shape index (κ1) is 14.1. The van der Waals surface area contributed by atoms with Gasteiger partial charge in [0.2, 0.25) is 0 Å². The largest absolute Gasteiger partial charge is 0.494 e. The van der Waals surface area contributed by atoms with E-state index in [-0.39, 0.29) is 5.91 Å². The Bertz CT molecular complexity index is 575. The first-order valence-electron chi connectivity index (χ1n) is 6.59. The highest BCUT2D eigenvalue weighted by molar-refractivity contribution is 5.94. The molecular formula is C15H19N3O2. The van der Waals surface area contributed by atoms with Crippen molar-refractivity contribution in [3.05, 3.63) is 47.3 Å². The van der Waals surface area contributed by atoms with Gasteiger partial charge in [-0.15, -0.1) is 0 Å². The van der Waals surface area contributed by atoms with Crippen LogP contribution in [-0.2, 0) is 6.54 Å². The van der Waals surface area contributed by atoms with Crippen LogP contribution >= 0.6 is 0 Å². The summed E-state index contributed by atoms with van der Waals surface area (Å²) in [7, 11) is 1.78. The molecule has 2 aromatic rings. The molecule has 0 aliphatic heterocycles. The predicted octanol–water partition coefficient (Wildman–Crippen LogP) is 2.39. The summed E-state index contributed by atoms with van der Waals surface area (Å²) in [5, 5.41) is 6.65. The van der Waals surface area contributed by atoms with Crippen LogP contribution < -0.4 is 4.74 Å². The van der Waals surface area contributed by atoms with Gasteiger partial charge in [-0.1, -0.05) is 12.1 Å². The number of aryl methyl sites for hydroxylation is 1. The summed E-state index contributed by atoms with van der Waals surface area (Å²) in [5.74, 6) is 0.807. The number of H-pyrrole nitrogens is 1. The second-order valence-corrected chi connectivity index (χ2v) is 4.65. The minimum absolute atomic E-state index is 0.0369. The average molecular weight is 273 g/mol. The number of carbonyl (C=O) groups excluding carboxylic acids is 1. The molecule has 0 aliphatic carbocycles. The van der Waals surface area contributed by atoms with Crippen LogP contribution in [0.3, 0.4) is 0 Å². The summed E-state index contributed by atoms with van der Waals surface area (Å²) in [6.45, 7) is 4.99. The Hall–Kier alpha value is -2.30. The summed E-state index contributed by atoms with van der Waals surface area (Å²) in [6.07, 6.45) is 1.56. The first-order valence-corrected chi connectivity index (χ1v) is 6.59. The van der Waals surface area contributed by atoms with Gasteiger partial charge in [-0.05, 0) is 31.5 Å². The van der Waals surface area contributed by atoms with Crippen LogP contribution in [0, 0.1) is 6.92 Å². The lowest BCUT2D eigenvalue weighted by atomic mass is 10.2. The minimum Gasteiger partial charge on any atom is -0.494 e. The number of ether oxygens (including phenoxy) is 1. The average Bonchev–Trinajstić information content (AvgIpc) is 2.86. The minimum atomic E-state index is -0.0369. The summed E-state index contributed by atoms with van der Waals surface area (Å²) >= 11 is 0. The number of amides is 1. The van der Waals surface area contributed by atoms with E-state index >= 15 is 0 Å². The lowest BCUT2D eigenvalue weighted by molar-refractivity contribution is 0.0784. The van der Waals surface area contributed by atoms with Gasteiger partial charge in [0.25, 0.3) is 5.91 Å². The van der Waals surface area contributed by atoms with E-state index in [1.54, 1.807) is 18.1 Å². The van der Waals surface area contributed by atoms with Crippen molar-refractivity contribution in [3.63, 3.8) is 0 Å². The van der Waals surface area contributed by atoms with Gasteiger partial charge in [-0.3, -0.25) is 9.89 Å². The standard InChI is InChI=1S/C15H19N3O2/c1-4-20-13-7-5-12(6-8-13)10-18(3)15(19)14-9-16-17-11(14)2/h5-9H,4,10H2,1-3H3,(H,16,17). The zero-order valence-corrected chi connectivity index (χ0v) is 12.0. The molecule has 5 nitrogen and oxygen atoms in total. The zero-order chi connectivity index (χ0) is 14.5. The normalized spacial score (nSPS) is 10.3. The van der Waals surface area contributed by atoms with Crippen LogP contribution in [0.5, 0.6) is 5.75 Å². The number of carbonyl (C=O) groups is 1. The van der Waals surface area contributed by atoms with Crippen molar-refractivity contribution in [2.45, 2.75) is 20.4 Å². The molecule has 0 radical (unpaired) electrons. The van der Waals surface area contributed by atoms with Crippen molar-refractivity contribution in [2.75, 3.05) is 13.7 Å². The lowest BCUT2D eigenvalue weighted by Crippen LogP contribution is -2.26. The molecule has 1 N–H and O–H groups in total. The molecule has 5 heteroatoms. The molecule has 1 heterocycles. The van der Waals surface area contributed by atoms with E-state index in [4.69, 9.17) is 4.74 Å². The van der Waals surface area contributed by atoms with E-state index in [1.807, 2.05) is 38.1 Å². The lowest BCUT2D eigenvalue weighted by Gasteiger charge is -2.17. The first-order chi connectivity index (χ1) is 9.61. The third-order valence-electron chi connectivity index (χ3n) is 3.06. The molecule has 1 aromatic heterocycles. The van der Waals surface area contributed by atoms with E-state index in [0.717, 1.165) is 17.0 Å². The Morgan fingerprint density at radius 1 is 1.35 bits per heavy atom. The third-order valence-corrected chi connectivity index (χ3v) is 3.06. The molecule has 1 aromatic carbocycles. The van der Waals surface area contributed by atoms with Crippen molar-refractivity contribution < 1.29 is 9.53 Å². The van der Waals surface area contributed by atoms with E-state index in [0.29, 0.717) is 18.7 Å². The topological polar surface area (TPSA) is 58.2 Å². The summed E-state index contributed by atoms with van der Waals surface area (Å²) in [5.41, 5.74) is 2.46. The fourth-order valence-electron chi connectivity index (χ4n) is 1.98. The van der Waals surface area contributed by atoms with Gasteiger partial charge >= 0.3 is 0 Å². The highest BCUT2D eigenvalue weighted by atomic mass is 16.5. The van der Waals surface area contributed by atoms with Crippen molar-refractivity contribution >= 4 is 5.91 Å². The van der Waals surface area contributed by atoms with Crippen LogP contribution in [0.25, 0.3) is 0 Å². The maximum absolute atomic E-state index is 12.2. The molecule has 0 unspecified atom stereocenters. The summed E-state index contributed by atoms with van der Waals surface area (Å²) in [6, 6.07) is 7.77. The number of nitrogens with one attached hydrogen (secondary N) is 1. The molecule has 106 valence electrons. The van der Waals surface area contributed by atoms with Crippen molar-refractivity contribution in [1.29, 1.82) is 0 Å². The van der Waals surface area contributed by atoms with Crippen molar-refractivity contribution in [3.8, 4) is 5.75 Å². The molecule has 0 saturated carbocycles. The van der Waals surface area contributed by atoms with Gasteiger partial charge in [-0.2, -0.15) is 5.10 Å². The summed E-state index contributed by atoms with van der Waals surface area (Å²) < 4.78 is 5.39. The number of rotatable bonds is 5. The van der Waals surface area contributed by atoms with E-state index in [9.17, 15) is 4.79 Å². The van der Waals surface area contributed by atoms with Gasteiger partial charge < -0.3 is 9.64 Å². The number of aromatic amines is 1. The smallest absolute Gasteiger partial charge is 0.257 e. The highest BCUT2D eigenvalue weighted by Crippen LogP contribution is 2.14. The summed E-state index contributed by atoms with van der Waals surface area (Å²) in [4.78, 5) is 13.9. The quantitative estimate of drug-likeness (QED) is 0.910. The van der Waals surface area contributed by atoms with Gasteiger partial charge in [-0.25, -0.2) is 0 Å². The Labute approximate surface area is 118 Å². The number of aromatic nitrogens is 2. The Kier molecular flexibility index (Phi) is 4.40. The SMILES string of the molecule is CCOc1ccc(CN(C)C(=O)c2cn[nH]c2C)cc1. The van der Waals surface area contributed by atoms with Crippen LogP contribution in [0.15, 0.2) is 30.5 Å². The second-order valence-electron chi connectivity index (χ2n) is 4.65. The fraction of sp³-hybridized carbons (Fsp3) is 0.333. The molecule has 0 atom stereocenters. The number of hydrogen-bond donors (Lipinski definition) is 1. The van der Waals surface area contributed by atoms with Gasteiger partial charge in [0, 0.05) is 19.3 Å². The van der Waals surface area contributed by atoms with Gasteiger partial charge in [0.05, 0.1) is 18.4 Å². The van der Waals surface area contributed by atoms with Crippen molar-refractivity contribution in [2.24, 2.45) is 0 Å². The number of nitrogens with zero attached hydrogens (tertiary/aromatic N) is 2. The molecular weight excluding hydrogens is 254 g/mol. The molecule has 1 amide bonds. The molecule has 2 rings (SSSR count). The molecule has 0 aliphatic rings. The number of hydrogen-bond acceptors (Lipinski definition) is 3. The van der Waals surface area contributed by atoms with Crippen LogP contribution in [-0.4, -0.2) is 34.7 Å². The van der Waals surface area contributed by atoms with E-state index < -0.39 is 0 Å². The second kappa shape index (κ2) is 6.23. The van der Waals surface area contributed by atoms with E-state index in [1.165, 1.54) is 0 Å².